The van der Waals surface area contributed by atoms with Gasteiger partial charge in [0.2, 0.25) is 0 Å². The van der Waals surface area contributed by atoms with Crippen molar-refractivity contribution < 1.29 is 9.18 Å². The highest BCUT2D eigenvalue weighted by Crippen LogP contribution is 2.28. The Morgan fingerprint density at radius 2 is 2.00 bits per heavy atom. The maximum Gasteiger partial charge on any atom is 0.322 e. The molecule has 0 spiro atoms. The molecule has 1 aromatic heterocycles. The monoisotopic (exact) mass is 337 g/mol. The van der Waals surface area contributed by atoms with Crippen LogP contribution in [0.1, 0.15) is 22.4 Å². The normalized spacial score (nSPS) is 13.8. The van der Waals surface area contributed by atoms with Crippen molar-refractivity contribution in [2.75, 3.05) is 11.9 Å². The second-order valence-corrected chi connectivity index (χ2v) is 6.67. The number of hydrogen-bond donors (Lipinski definition) is 2. The van der Waals surface area contributed by atoms with Gasteiger partial charge in [-0.25, -0.2) is 9.18 Å². The molecular weight excluding hydrogens is 317 g/mol. The summed E-state index contributed by atoms with van der Waals surface area (Å²) in [7, 11) is 0. The van der Waals surface area contributed by atoms with Crippen molar-refractivity contribution in [1.82, 2.24) is 9.88 Å². The van der Waals surface area contributed by atoms with Crippen LogP contribution in [0.3, 0.4) is 0 Å². The van der Waals surface area contributed by atoms with Crippen LogP contribution in [0, 0.1) is 19.7 Å². The highest BCUT2D eigenvalue weighted by Gasteiger charge is 2.24. The van der Waals surface area contributed by atoms with Gasteiger partial charge >= 0.3 is 6.03 Å². The van der Waals surface area contributed by atoms with Gasteiger partial charge in [0.15, 0.2) is 0 Å². The molecule has 128 valence electrons. The van der Waals surface area contributed by atoms with Gasteiger partial charge in [-0.1, -0.05) is 6.07 Å². The summed E-state index contributed by atoms with van der Waals surface area (Å²) < 4.78 is 13.6. The van der Waals surface area contributed by atoms with Crippen molar-refractivity contribution >= 4 is 22.6 Å². The fourth-order valence-electron chi connectivity index (χ4n) is 3.38. The average molecular weight is 337 g/mol. The number of hydrogen-bond acceptors (Lipinski definition) is 1. The molecule has 2 heterocycles. The second kappa shape index (κ2) is 5.92. The molecule has 0 saturated carbocycles. The Morgan fingerprint density at radius 3 is 2.80 bits per heavy atom. The second-order valence-electron chi connectivity index (χ2n) is 6.67. The van der Waals surface area contributed by atoms with Crippen molar-refractivity contribution in [3.8, 4) is 0 Å². The molecule has 0 atom stereocenters. The summed E-state index contributed by atoms with van der Waals surface area (Å²) >= 11 is 0. The first kappa shape index (κ1) is 15.7. The first-order chi connectivity index (χ1) is 12.0. The molecule has 0 unspecified atom stereocenters. The number of aromatic amines is 1. The number of aromatic nitrogens is 1. The van der Waals surface area contributed by atoms with Crippen LogP contribution in [-0.4, -0.2) is 22.5 Å². The number of halogens is 1. The number of carbonyl (C=O) groups is 1. The lowest BCUT2D eigenvalue weighted by Crippen LogP contribution is -2.38. The molecule has 5 heteroatoms. The third kappa shape index (κ3) is 2.86. The molecular formula is C20H20FN3O. The van der Waals surface area contributed by atoms with Crippen LogP contribution in [0.15, 0.2) is 36.4 Å². The molecule has 25 heavy (non-hydrogen) atoms. The molecule has 1 aliphatic heterocycles. The topological polar surface area (TPSA) is 48.1 Å². The quantitative estimate of drug-likeness (QED) is 0.674. The van der Waals surface area contributed by atoms with Crippen LogP contribution in [0.2, 0.25) is 0 Å². The van der Waals surface area contributed by atoms with Crippen molar-refractivity contribution in [3.05, 3.63) is 64.6 Å². The number of carbonyl (C=O) groups excluding carboxylic acids is 1. The third-order valence-corrected chi connectivity index (χ3v) is 4.98. The number of urea groups is 1. The molecule has 2 aromatic carbocycles. The van der Waals surface area contributed by atoms with Gasteiger partial charge in [0, 0.05) is 47.4 Å². The van der Waals surface area contributed by atoms with Crippen molar-refractivity contribution in [3.63, 3.8) is 0 Å². The maximum atomic E-state index is 13.6. The van der Waals surface area contributed by atoms with E-state index < -0.39 is 0 Å². The van der Waals surface area contributed by atoms with Gasteiger partial charge in [0.05, 0.1) is 0 Å². The lowest BCUT2D eigenvalue weighted by molar-refractivity contribution is 0.206. The Balaban J connectivity index is 1.57. The minimum Gasteiger partial charge on any atom is -0.358 e. The van der Waals surface area contributed by atoms with Gasteiger partial charge in [0.1, 0.15) is 5.82 Å². The summed E-state index contributed by atoms with van der Waals surface area (Å²) in [5.74, 6) is -0.258. The number of benzene rings is 2. The smallest absolute Gasteiger partial charge is 0.322 e. The Bertz CT molecular complexity index is 976. The highest BCUT2D eigenvalue weighted by atomic mass is 19.1. The number of H-pyrrole nitrogens is 1. The number of nitrogens with one attached hydrogen (secondary N) is 2. The zero-order valence-electron chi connectivity index (χ0n) is 14.3. The molecule has 4 nitrogen and oxygen atoms in total. The zero-order valence-corrected chi connectivity index (χ0v) is 14.3. The first-order valence-electron chi connectivity index (χ1n) is 8.43. The van der Waals surface area contributed by atoms with Gasteiger partial charge in [0.25, 0.3) is 0 Å². The molecule has 2 amide bonds. The molecule has 4 rings (SSSR count). The largest absolute Gasteiger partial charge is 0.358 e. The van der Waals surface area contributed by atoms with Crippen LogP contribution in [0.25, 0.3) is 10.9 Å². The Kier molecular flexibility index (Phi) is 3.71. The number of rotatable bonds is 1. The van der Waals surface area contributed by atoms with Gasteiger partial charge in [-0.05, 0) is 55.3 Å². The fraction of sp³-hybridized carbons (Fsp3) is 0.250. The number of nitrogens with zero attached hydrogens (tertiary/aromatic N) is 1. The minimum absolute atomic E-state index is 0.125. The summed E-state index contributed by atoms with van der Waals surface area (Å²) in [5.41, 5.74) is 6.16. The lowest BCUT2D eigenvalue weighted by Gasteiger charge is -2.27. The van der Waals surface area contributed by atoms with E-state index in [-0.39, 0.29) is 11.8 Å². The standard InChI is InChI=1S/C20H20FN3O/c1-12-3-5-15(9-13(12)2)22-20(25)24-8-7-19-17(11-24)16-10-14(21)4-6-18(16)23-19/h3-6,9-10,23H,7-8,11H2,1-2H3,(H,22,25). The number of aryl methyl sites for hydroxylation is 2. The summed E-state index contributed by atoms with van der Waals surface area (Å²) in [5, 5.41) is 3.82. The van der Waals surface area contributed by atoms with Crippen LogP contribution in [0.5, 0.6) is 0 Å². The van der Waals surface area contributed by atoms with E-state index in [2.05, 4.69) is 10.3 Å². The summed E-state index contributed by atoms with van der Waals surface area (Å²) in [6.07, 6.45) is 0.742. The van der Waals surface area contributed by atoms with E-state index >= 15 is 0 Å². The summed E-state index contributed by atoms with van der Waals surface area (Å²) in [6, 6.07) is 10.5. The highest BCUT2D eigenvalue weighted by molar-refractivity contribution is 5.91. The molecule has 2 N–H and O–H groups in total. The van der Waals surface area contributed by atoms with E-state index in [1.165, 1.54) is 17.7 Å². The van der Waals surface area contributed by atoms with E-state index in [0.717, 1.165) is 39.8 Å². The lowest BCUT2D eigenvalue weighted by atomic mass is 10.0. The van der Waals surface area contributed by atoms with Crippen LogP contribution in [0.4, 0.5) is 14.9 Å². The van der Waals surface area contributed by atoms with Crippen molar-refractivity contribution in [2.45, 2.75) is 26.8 Å². The Morgan fingerprint density at radius 1 is 1.16 bits per heavy atom. The molecule has 1 aliphatic rings. The van der Waals surface area contributed by atoms with Crippen molar-refractivity contribution in [2.24, 2.45) is 0 Å². The molecule has 0 saturated heterocycles. The maximum absolute atomic E-state index is 13.6. The summed E-state index contributed by atoms with van der Waals surface area (Å²) in [4.78, 5) is 17.7. The first-order valence-corrected chi connectivity index (χ1v) is 8.43. The van der Waals surface area contributed by atoms with Crippen molar-refractivity contribution in [1.29, 1.82) is 0 Å². The van der Waals surface area contributed by atoms with Crippen LogP contribution >= 0.6 is 0 Å². The Labute approximate surface area is 145 Å². The molecule has 3 aromatic rings. The molecule has 0 bridgehead atoms. The predicted molar refractivity (Wildman–Crippen MR) is 97.3 cm³/mol. The van der Waals surface area contributed by atoms with E-state index in [9.17, 15) is 9.18 Å². The number of fused-ring (bicyclic) bond motifs is 3. The molecule has 0 aliphatic carbocycles. The zero-order chi connectivity index (χ0) is 17.6. The van der Waals surface area contributed by atoms with Gasteiger partial charge in [-0.2, -0.15) is 0 Å². The van der Waals surface area contributed by atoms with Crippen LogP contribution in [-0.2, 0) is 13.0 Å². The van der Waals surface area contributed by atoms with E-state index in [4.69, 9.17) is 0 Å². The third-order valence-electron chi connectivity index (χ3n) is 4.98. The fourth-order valence-corrected chi connectivity index (χ4v) is 3.38. The molecule has 0 fully saturated rings. The molecule has 0 radical (unpaired) electrons. The summed E-state index contributed by atoms with van der Waals surface area (Å²) in [6.45, 7) is 5.19. The minimum atomic E-state index is -0.258. The van der Waals surface area contributed by atoms with Gasteiger partial charge in [-0.15, -0.1) is 0 Å². The van der Waals surface area contributed by atoms with E-state index in [1.54, 1.807) is 11.0 Å². The number of amides is 2. The van der Waals surface area contributed by atoms with E-state index in [0.29, 0.717) is 13.1 Å². The predicted octanol–water partition coefficient (Wildman–Crippen LogP) is 4.51. The average Bonchev–Trinajstić information content (AvgIpc) is 2.95. The number of anilines is 1. The Hall–Kier alpha value is -2.82. The van der Waals surface area contributed by atoms with E-state index in [1.807, 2.05) is 32.0 Å². The SMILES string of the molecule is Cc1ccc(NC(=O)N2CCc3[nH]c4ccc(F)cc4c3C2)cc1C. The van der Waals surface area contributed by atoms with Gasteiger partial charge < -0.3 is 15.2 Å². The van der Waals surface area contributed by atoms with Gasteiger partial charge in [-0.3, -0.25) is 0 Å². The van der Waals surface area contributed by atoms with Crippen LogP contribution < -0.4 is 5.32 Å².